The van der Waals surface area contributed by atoms with Crippen LogP contribution in [0.15, 0.2) is 46.3 Å². The summed E-state index contributed by atoms with van der Waals surface area (Å²) >= 11 is 7.37. The van der Waals surface area contributed by atoms with Crippen molar-refractivity contribution in [1.82, 2.24) is 4.90 Å². The molecule has 0 aliphatic carbocycles. The number of thioether (sulfide) groups is 1. The molecule has 0 saturated carbocycles. The Balaban J connectivity index is 2.00. The van der Waals surface area contributed by atoms with E-state index in [1.807, 2.05) is 44.2 Å². The number of amidine groups is 1. The second-order valence-corrected chi connectivity index (χ2v) is 9.03. The fourth-order valence-corrected chi connectivity index (χ4v) is 4.27. The van der Waals surface area contributed by atoms with Crippen LogP contribution in [0.5, 0.6) is 11.5 Å². The summed E-state index contributed by atoms with van der Waals surface area (Å²) in [6.45, 7) is 9.22. The molecule has 0 N–H and O–H groups in total. The van der Waals surface area contributed by atoms with Gasteiger partial charge in [0.05, 0.1) is 24.3 Å². The molecule has 7 heteroatoms. The summed E-state index contributed by atoms with van der Waals surface area (Å²) in [6.07, 6.45) is 1.90. The highest BCUT2D eigenvalue weighted by atomic mass is 35.5. The first-order valence-electron chi connectivity index (χ1n) is 10.2. The third-order valence-corrected chi connectivity index (χ3v) is 5.88. The van der Waals surface area contributed by atoms with Crippen LogP contribution in [0.2, 0.25) is 5.02 Å². The Bertz CT molecular complexity index is 1020. The molecule has 31 heavy (non-hydrogen) atoms. The van der Waals surface area contributed by atoms with Crippen LogP contribution in [0.4, 0.5) is 5.69 Å². The van der Waals surface area contributed by atoms with E-state index in [-0.39, 0.29) is 5.91 Å². The van der Waals surface area contributed by atoms with E-state index in [4.69, 9.17) is 26.1 Å². The number of hydrogen-bond donors (Lipinski definition) is 0. The summed E-state index contributed by atoms with van der Waals surface area (Å²) in [5.74, 6) is 1.61. The lowest BCUT2D eigenvalue weighted by atomic mass is 10.1. The Morgan fingerprint density at radius 1 is 1.19 bits per heavy atom. The van der Waals surface area contributed by atoms with Gasteiger partial charge in [-0.2, -0.15) is 0 Å². The van der Waals surface area contributed by atoms with Gasteiger partial charge in [-0.3, -0.25) is 9.69 Å². The smallest absolute Gasteiger partial charge is 0.266 e. The molecule has 0 radical (unpaired) electrons. The van der Waals surface area contributed by atoms with Gasteiger partial charge in [-0.15, -0.1) is 0 Å². The SMILES string of the molecule is CCOc1cc(/C=C2\SC(=Nc3ccc(Cl)cc3)N(CC(C)C)C2=O)c(C)cc1OC. The van der Waals surface area contributed by atoms with Gasteiger partial charge >= 0.3 is 0 Å². The molecule has 0 unspecified atom stereocenters. The molecule has 0 aromatic heterocycles. The number of nitrogens with zero attached hydrogens (tertiary/aromatic N) is 2. The van der Waals surface area contributed by atoms with Gasteiger partial charge in [0.25, 0.3) is 5.91 Å². The van der Waals surface area contributed by atoms with Crippen LogP contribution in [-0.4, -0.2) is 36.2 Å². The van der Waals surface area contributed by atoms with Crippen molar-refractivity contribution in [3.8, 4) is 11.5 Å². The van der Waals surface area contributed by atoms with Crippen LogP contribution in [0.25, 0.3) is 6.08 Å². The molecule has 1 fully saturated rings. The molecule has 0 spiro atoms. The number of methoxy groups -OCH3 is 1. The molecule has 1 heterocycles. The Morgan fingerprint density at radius 2 is 1.90 bits per heavy atom. The van der Waals surface area contributed by atoms with E-state index < -0.39 is 0 Å². The minimum Gasteiger partial charge on any atom is -0.493 e. The number of ether oxygens (including phenoxy) is 2. The number of rotatable bonds is 7. The zero-order chi connectivity index (χ0) is 22.5. The number of aliphatic imine (C=N–C) groups is 1. The molecule has 1 amide bonds. The predicted molar refractivity (Wildman–Crippen MR) is 130 cm³/mol. The van der Waals surface area contributed by atoms with E-state index in [0.717, 1.165) is 16.8 Å². The summed E-state index contributed by atoms with van der Waals surface area (Å²) < 4.78 is 11.1. The van der Waals surface area contributed by atoms with Crippen LogP contribution in [0.3, 0.4) is 0 Å². The Labute approximate surface area is 193 Å². The van der Waals surface area contributed by atoms with E-state index in [9.17, 15) is 4.79 Å². The van der Waals surface area contributed by atoms with Crippen molar-refractivity contribution < 1.29 is 14.3 Å². The fraction of sp³-hybridized carbons (Fsp3) is 0.333. The van der Waals surface area contributed by atoms with Gasteiger partial charge in [0, 0.05) is 11.6 Å². The largest absolute Gasteiger partial charge is 0.493 e. The topological polar surface area (TPSA) is 51.1 Å². The van der Waals surface area contributed by atoms with Crippen molar-refractivity contribution in [2.24, 2.45) is 10.9 Å². The first-order valence-corrected chi connectivity index (χ1v) is 11.4. The number of carbonyl (C=O) groups is 1. The summed E-state index contributed by atoms with van der Waals surface area (Å²) in [6, 6.07) is 11.1. The summed E-state index contributed by atoms with van der Waals surface area (Å²) in [5, 5.41) is 1.32. The molecule has 2 aromatic rings. The van der Waals surface area contributed by atoms with Crippen molar-refractivity contribution in [2.45, 2.75) is 27.7 Å². The number of halogens is 1. The van der Waals surface area contributed by atoms with Crippen molar-refractivity contribution in [1.29, 1.82) is 0 Å². The highest BCUT2D eigenvalue weighted by Gasteiger charge is 2.34. The van der Waals surface area contributed by atoms with Gasteiger partial charge in [-0.1, -0.05) is 25.4 Å². The number of benzene rings is 2. The number of aryl methyl sites for hydroxylation is 1. The van der Waals surface area contributed by atoms with Crippen molar-refractivity contribution in [3.05, 3.63) is 57.5 Å². The van der Waals surface area contributed by atoms with Gasteiger partial charge in [0.15, 0.2) is 16.7 Å². The monoisotopic (exact) mass is 458 g/mol. The van der Waals surface area contributed by atoms with E-state index in [0.29, 0.717) is 45.7 Å². The first kappa shape index (κ1) is 23.2. The van der Waals surface area contributed by atoms with E-state index >= 15 is 0 Å². The van der Waals surface area contributed by atoms with Gasteiger partial charge in [0.2, 0.25) is 0 Å². The second-order valence-electron chi connectivity index (χ2n) is 7.58. The summed E-state index contributed by atoms with van der Waals surface area (Å²) in [7, 11) is 1.62. The number of hydrogen-bond acceptors (Lipinski definition) is 5. The van der Waals surface area contributed by atoms with E-state index in [1.165, 1.54) is 11.8 Å². The Kier molecular flexibility index (Phi) is 7.68. The molecule has 1 saturated heterocycles. The third kappa shape index (κ3) is 5.63. The molecule has 3 rings (SSSR count). The van der Waals surface area contributed by atoms with Crippen molar-refractivity contribution in [3.63, 3.8) is 0 Å². The molecule has 0 bridgehead atoms. The van der Waals surface area contributed by atoms with E-state index in [2.05, 4.69) is 13.8 Å². The summed E-state index contributed by atoms with van der Waals surface area (Å²) in [4.78, 5) is 20.3. The average molecular weight is 459 g/mol. The van der Waals surface area contributed by atoms with Gasteiger partial charge in [-0.05, 0) is 85.1 Å². The van der Waals surface area contributed by atoms with Crippen LogP contribution in [0.1, 0.15) is 31.9 Å². The zero-order valence-corrected chi connectivity index (χ0v) is 20.0. The first-order chi connectivity index (χ1) is 14.8. The highest BCUT2D eigenvalue weighted by molar-refractivity contribution is 8.18. The maximum absolute atomic E-state index is 13.2. The van der Waals surface area contributed by atoms with Crippen LogP contribution < -0.4 is 9.47 Å². The average Bonchev–Trinajstić information content (AvgIpc) is 3.00. The van der Waals surface area contributed by atoms with E-state index in [1.54, 1.807) is 24.1 Å². The molecular weight excluding hydrogens is 432 g/mol. The predicted octanol–water partition coefficient (Wildman–Crippen LogP) is 6.32. The minimum absolute atomic E-state index is 0.0420. The minimum atomic E-state index is -0.0420. The van der Waals surface area contributed by atoms with Crippen molar-refractivity contribution in [2.75, 3.05) is 20.3 Å². The molecule has 1 aliphatic rings. The number of carbonyl (C=O) groups excluding carboxylic acids is 1. The zero-order valence-electron chi connectivity index (χ0n) is 18.4. The second kappa shape index (κ2) is 10.2. The maximum atomic E-state index is 13.2. The highest BCUT2D eigenvalue weighted by Crippen LogP contribution is 2.37. The van der Waals surface area contributed by atoms with Crippen LogP contribution in [-0.2, 0) is 4.79 Å². The molecular formula is C24H27ClN2O3S. The van der Waals surface area contributed by atoms with Gasteiger partial charge in [-0.25, -0.2) is 4.99 Å². The number of amides is 1. The van der Waals surface area contributed by atoms with Crippen LogP contribution >= 0.6 is 23.4 Å². The lowest BCUT2D eigenvalue weighted by Crippen LogP contribution is -2.32. The lowest BCUT2D eigenvalue weighted by molar-refractivity contribution is -0.122. The molecule has 164 valence electrons. The molecule has 1 aliphatic heterocycles. The Morgan fingerprint density at radius 3 is 2.52 bits per heavy atom. The Hall–Kier alpha value is -2.44. The fourth-order valence-electron chi connectivity index (χ4n) is 3.15. The van der Waals surface area contributed by atoms with Gasteiger partial charge in [0.1, 0.15) is 0 Å². The van der Waals surface area contributed by atoms with Crippen molar-refractivity contribution >= 4 is 46.2 Å². The molecule has 2 aromatic carbocycles. The standard InChI is InChI=1S/C24H27ClN2O3S/c1-6-30-21-12-17(16(4)11-20(21)29-5)13-22-23(28)27(14-15(2)3)24(31-22)26-19-9-7-18(25)8-10-19/h7-13,15H,6,14H2,1-5H3/b22-13-,26-24?. The quantitative estimate of drug-likeness (QED) is 0.456. The third-order valence-electron chi connectivity index (χ3n) is 4.63. The lowest BCUT2D eigenvalue weighted by Gasteiger charge is -2.17. The molecule has 0 atom stereocenters. The summed E-state index contributed by atoms with van der Waals surface area (Å²) in [5.41, 5.74) is 2.67. The van der Waals surface area contributed by atoms with Gasteiger partial charge < -0.3 is 9.47 Å². The molecule has 5 nitrogen and oxygen atoms in total. The normalized spacial score (nSPS) is 16.6. The van der Waals surface area contributed by atoms with Crippen LogP contribution in [0, 0.1) is 12.8 Å². The maximum Gasteiger partial charge on any atom is 0.266 e.